The number of carbonyl (C=O) groups excluding carboxylic acids is 1. The Morgan fingerprint density at radius 3 is 2.71 bits per heavy atom. The topological polar surface area (TPSA) is 32.8 Å². The molecule has 0 spiro atoms. The van der Waals surface area contributed by atoms with Gasteiger partial charge in [0.15, 0.2) is 0 Å². The molecule has 4 nitrogen and oxygen atoms in total. The molecule has 0 bridgehead atoms. The number of amides is 1. The molecular formula is C13H24N2O2. The van der Waals surface area contributed by atoms with Gasteiger partial charge in [-0.05, 0) is 25.8 Å². The minimum Gasteiger partial charge on any atom is -0.378 e. The lowest BCUT2D eigenvalue weighted by atomic mass is 10.00. The third-order valence-corrected chi connectivity index (χ3v) is 3.92. The lowest BCUT2D eigenvalue weighted by Gasteiger charge is -2.36. The maximum Gasteiger partial charge on any atom is 0.236 e. The van der Waals surface area contributed by atoms with Crippen LogP contribution >= 0.6 is 0 Å². The molecule has 2 heterocycles. The molecule has 2 aliphatic rings. The summed E-state index contributed by atoms with van der Waals surface area (Å²) < 4.78 is 5.27. The lowest BCUT2D eigenvalue weighted by Crippen LogP contribution is -2.49. The van der Waals surface area contributed by atoms with Gasteiger partial charge in [0, 0.05) is 19.1 Å². The van der Waals surface area contributed by atoms with Gasteiger partial charge in [-0.1, -0.05) is 13.3 Å². The van der Waals surface area contributed by atoms with Gasteiger partial charge in [0.1, 0.15) is 0 Å². The summed E-state index contributed by atoms with van der Waals surface area (Å²) in [5, 5.41) is 0. The SMILES string of the molecule is CC[C@@H]1CCCCN1CC(=O)N1CCOCC1. The fraction of sp³-hybridized carbons (Fsp3) is 0.923. The van der Waals surface area contributed by atoms with E-state index < -0.39 is 0 Å². The first-order valence-corrected chi connectivity index (χ1v) is 6.91. The normalized spacial score (nSPS) is 27.1. The predicted molar refractivity (Wildman–Crippen MR) is 66.9 cm³/mol. The highest BCUT2D eigenvalue weighted by Crippen LogP contribution is 2.19. The van der Waals surface area contributed by atoms with Gasteiger partial charge in [0.05, 0.1) is 19.8 Å². The summed E-state index contributed by atoms with van der Waals surface area (Å²) >= 11 is 0. The van der Waals surface area contributed by atoms with Gasteiger partial charge >= 0.3 is 0 Å². The molecule has 0 N–H and O–H groups in total. The fourth-order valence-corrected chi connectivity index (χ4v) is 2.82. The number of hydrogen-bond donors (Lipinski definition) is 0. The zero-order chi connectivity index (χ0) is 12.1. The van der Waals surface area contributed by atoms with Crippen LogP contribution in [0.25, 0.3) is 0 Å². The van der Waals surface area contributed by atoms with E-state index in [2.05, 4.69) is 11.8 Å². The van der Waals surface area contributed by atoms with Crippen molar-refractivity contribution in [3.63, 3.8) is 0 Å². The van der Waals surface area contributed by atoms with Crippen molar-refractivity contribution in [1.82, 2.24) is 9.80 Å². The first-order chi connectivity index (χ1) is 8.31. The highest BCUT2D eigenvalue weighted by Gasteiger charge is 2.25. The number of rotatable bonds is 3. The van der Waals surface area contributed by atoms with Crippen molar-refractivity contribution in [3.8, 4) is 0 Å². The number of piperidine rings is 1. The van der Waals surface area contributed by atoms with E-state index >= 15 is 0 Å². The molecule has 1 amide bonds. The van der Waals surface area contributed by atoms with Crippen LogP contribution in [-0.2, 0) is 9.53 Å². The summed E-state index contributed by atoms with van der Waals surface area (Å²) in [6.07, 6.45) is 4.98. The zero-order valence-electron chi connectivity index (χ0n) is 10.9. The van der Waals surface area contributed by atoms with Crippen LogP contribution in [-0.4, -0.2) is 61.1 Å². The van der Waals surface area contributed by atoms with Gasteiger partial charge in [-0.25, -0.2) is 0 Å². The second-order valence-corrected chi connectivity index (χ2v) is 5.02. The zero-order valence-corrected chi connectivity index (χ0v) is 10.9. The molecule has 4 heteroatoms. The van der Waals surface area contributed by atoms with Crippen molar-refractivity contribution >= 4 is 5.91 Å². The summed E-state index contributed by atoms with van der Waals surface area (Å²) in [5.41, 5.74) is 0. The molecule has 0 aliphatic carbocycles. The Labute approximate surface area is 104 Å². The summed E-state index contributed by atoms with van der Waals surface area (Å²) in [5.74, 6) is 0.286. The Morgan fingerprint density at radius 1 is 1.24 bits per heavy atom. The second kappa shape index (κ2) is 6.36. The predicted octanol–water partition coefficient (Wildman–Crippen LogP) is 1.11. The van der Waals surface area contributed by atoms with Crippen LogP contribution < -0.4 is 0 Å². The van der Waals surface area contributed by atoms with E-state index in [1.54, 1.807) is 0 Å². The summed E-state index contributed by atoms with van der Waals surface area (Å²) in [4.78, 5) is 16.5. The minimum atomic E-state index is 0.286. The number of nitrogens with zero attached hydrogens (tertiary/aromatic N) is 2. The molecule has 2 rings (SSSR count). The van der Waals surface area contributed by atoms with Crippen molar-refractivity contribution in [1.29, 1.82) is 0 Å². The number of likely N-dealkylation sites (tertiary alicyclic amines) is 1. The number of carbonyl (C=O) groups is 1. The van der Waals surface area contributed by atoms with Gasteiger partial charge < -0.3 is 9.64 Å². The van der Waals surface area contributed by atoms with Crippen LogP contribution in [0.4, 0.5) is 0 Å². The van der Waals surface area contributed by atoms with Crippen molar-refractivity contribution in [2.75, 3.05) is 39.4 Å². The van der Waals surface area contributed by atoms with E-state index in [1.807, 2.05) is 4.90 Å². The van der Waals surface area contributed by atoms with Crippen LogP contribution in [0.1, 0.15) is 32.6 Å². The molecule has 0 aromatic heterocycles. The third kappa shape index (κ3) is 3.42. The standard InChI is InChI=1S/C13H24N2O2/c1-2-12-5-3-4-6-15(12)11-13(16)14-7-9-17-10-8-14/h12H,2-11H2,1H3/t12-/m1/s1. The lowest BCUT2D eigenvalue weighted by molar-refractivity contribution is -0.137. The molecule has 2 fully saturated rings. The average molecular weight is 240 g/mol. The molecule has 0 aromatic rings. The molecule has 2 saturated heterocycles. The van der Waals surface area contributed by atoms with Gasteiger partial charge in [0.2, 0.25) is 5.91 Å². The Balaban J connectivity index is 1.83. The third-order valence-electron chi connectivity index (χ3n) is 3.92. The molecule has 17 heavy (non-hydrogen) atoms. The first-order valence-electron chi connectivity index (χ1n) is 6.91. The molecule has 0 aromatic carbocycles. The van der Waals surface area contributed by atoms with E-state index in [4.69, 9.17) is 4.74 Å². The van der Waals surface area contributed by atoms with Crippen LogP contribution in [0.5, 0.6) is 0 Å². The van der Waals surface area contributed by atoms with Crippen molar-refractivity contribution in [2.45, 2.75) is 38.6 Å². The van der Waals surface area contributed by atoms with E-state index in [-0.39, 0.29) is 5.91 Å². The fourth-order valence-electron chi connectivity index (χ4n) is 2.82. The first kappa shape index (κ1) is 12.8. The number of ether oxygens (including phenoxy) is 1. The maximum absolute atomic E-state index is 12.2. The summed E-state index contributed by atoms with van der Waals surface area (Å²) in [6.45, 7) is 6.86. The molecule has 0 unspecified atom stereocenters. The smallest absolute Gasteiger partial charge is 0.236 e. The monoisotopic (exact) mass is 240 g/mol. The molecule has 0 radical (unpaired) electrons. The molecule has 98 valence electrons. The molecule has 0 saturated carbocycles. The summed E-state index contributed by atoms with van der Waals surface area (Å²) in [6, 6.07) is 0.619. The number of hydrogen-bond acceptors (Lipinski definition) is 3. The van der Waals surface area contributed by atoms with Gasteiger partial charge in [0.25, 0.3) is 0 Å². The van der Waals surface area contributed by atoms with Crippen LogP contribution in [0.2, 0.25) is 0 Å². The van der Waals surface area contributed by atoms with Gasteiger partial charge in [-0.3, -0.25) is 9.69 Å². The maximum atomic E-state index is 12.2. The highest BCUT2D eigenvalue weighted by molar-refractivity contribution is 5.78. The Morgan fingerprint density at radius 2 is 2.00 bits per heavy atom. The van der Waals surface area contributed by atoms with E-state index in [0.717, 1.165) is 26.1 Å². The largest absolute Gasteiger partial charge is 0.378 e. The molecular weight excluding hydrogens is 216 g/mol. The minimum absolute atomic E-state index is 0.286. The highest BCUT2D eigenvalue weighted by atomic mass is 16.5. The van der Waals surface area contributed by atoms with Crippen molar-refractivity contribution in [2.24, 2.45) is 0 Å². The Bertz CT molecular complexity index is 252. The molecule has 1 atom stereocenters. The van der Waals surface area contributed by atoms with E-state index in [0.29, 0.717) is 25.8 Å². The Kier molecular flexibility index (Phi) is 4.80. The number of morpholine rings is 1. The Hall–Kier alpha value is -0.610. The molecule has 2 aliphatic heterocycles. The van der Waals surface area contributed by atoms with Crippen LogP contribution in [0.3, 0.4) is 0 Å². The average Bonchev–Trinajstić information content (AvgIpc) is 2.40. The summed E-state index contributed by atoms with van der Waals surface area (Å²) in [7, 11) is 0. The van der Waals surface area contributed by atoms with Crippen molar-refractivity contribution in [3.05, 3.63) is 0 Å². The van der Waals surface area contributed by atoms with Crippen LogP contribution in [0, 0.1) is 0 Å². The second-order valence-electron chi connectivity index (χ2n) is 5.02. The van der Waals surface area contributed by atoms with Crippen molar-refractivity contribution < 1.29 is 9.53 Å². The quantitative estimate of drug-likeness (QED) is 0.741. The van der Waals surface area contributed by atoms with Gasteiger partial charge in [-0.15, -0.1) is 0 Å². The van der Waals surface area contributed by atoms with Crippen LogP contribution in [0.15, 0.2) is 0 Å². The van der Waals surface area contributed by atoms with E-state index in [9.17, 15) is 4.79 Å². The van der Waals surface area contributed by atoms with Gasteiger partial charge in [-0.2, -0.15) is 0 Å². The van der Waals surface area contributed by atoms with E-state index in [1.165, 1.54) is 19.3 Å².